The molecule has 0 saturated carbocycles. The third kappa shape index (κ3) is 3.56. The van der Waals surface area contributed by atoms with E-state index in [-0.39, 0.29) is 6.04 Å². The monoisotopic (exact) mass is 253 g/mol. The van der Waals surface area contributed by atoms with E-state index in [2.05, 4.69) is 49.7 Å². The molecular weight excluding hydrogens is 226 g/mol. The second-order valence-corrected chi connectivity index (χ2v) is 5.12. The molecule has 0 aromatic carbocycles. The summed E-state index contributed by atoms with van der Waals surface area (Å²) in [7, 11) is 1.74. The van der Waals surface area contributed by atoms with Crippen molar-refractivity contribution in [2.24, 2.45) is 0 Å². The summed E-state index contributed by atoms with van der Waals surface area (Å²) >= 11 is 0. The van der Waals surface area contributed by atoms with Crippen LogP contribution in [0.4, 0.5) is 0 Å². The van der Waals surface area contributed by atoms with Crippen molar-refractivity contribution in [1.82, 2.24) is 15.1 Å². The van der Waals surface area contributed by atoms with Crippen molar-refractivity contribution in [3.63, 3.8) is 0 Å². The smallest absolute Gasteiger partial charge is 0.0879 e. The number of hydrogen-bond acceptors (Lipinski definition) is 3. The molecule has 104 valence electrons. The van der Waals surface area contributed by atoms with Gasteiger partial charge in [0.2, 0.25) is 0 Å². The minimum absolute atomic E-state index is 0.261. The Bertz CT molecular complexity index is 371. The second-order valence-electron chi connectivity index (χ2n) is 5.12. The van der Waals surface area contributed by atoms with Crippen molar-refractivity contribution in [1.29, 1.82) is 0 Å². The van der Waals surface area contributed by atoms with Crippen LogP contribution >= 0.6 is 0 Å². The first-order valence-electron chi connectivity index (χ1n) is 6.78. The largest absolute Gasteiger partial charge is 0.382 e. The van der Waals surface area contributed by atoms with Gasteiger partial charge in [-0.25, -0.2) is 0 Å². The van der Waals surface area contributed by atoms with E-state index < -0.39 is 0 Å². The minimum Gasteiger partial charge on any atom is -0.382 e. The van der Waals surface area contributed by atoms with Crippen LogP contribution in [0.15, 0.2) is 0 Å². The molecule has 1 aromatic heterocycles. The van der Waals surface area contributed by atoms with Gasteiger partial charge in [0.1, 0.15) is 0 Å². The number of aryl methyl sites for hydroxylation is 1. The third-order valence-electron chi connectivity index (χ3n) is 3.30. The van der Waals surface area contributed by atoms with E-state index in [1.165, 1.54) is 11.3 Å². The van der Waals surface area contributed by atoms with E-state index in [9.17, 15) is 0 Å². The maximum absolute atomic E-state index is 5.33. The number of hydrogen-bond donors (Lipinski definition) is 1. The predicted octanol–water partition coefficient (Wildman–Crippen LogP) is 2.25. The summed E-state index contributed by atoms with van der Waals surface area (Å²) in [4.78, 5) is 0. The Morgan fingerprint density at radius 3 is 2.44 bits per heavy atom. The minimum atomic E-state index is 0.261. The molecule has 0 aliphatic rings. The van der Waals surface area contributed by atoms with Gasteiger partial charge in [-0.3, -0.25) is 4.68 Å². The SMILES string of the molecule is CCc1c(C)nn(C(CNC(C)C)COC)c1C. The average molecular weight is 253 g/mol. The van der Waals surface area contributed by atoms with Gasteiger partial charge in [0, 0.05) is 25.4 Å². The maximum atomic E-state index is 5.33. The van der Waals surface area contributed by atoms with Crippen molar-refractivity contribution in [2.45, 2.75) is 53.1 Å². The molecule has 0 bridgehead atoms. The zero-order valence-electron chi connectivity index (χ0n) is 12.6. The topological polar surface area (TPSA) is 39.1 Å². The van der Waals surface area contributed by atoms with Crippen LogP contribution in [0.1, 0.15) is 43.8 Å². The van der Waals surface area contributed by atoms with Crippen molar-refractivity contribution in [3.8, 4) is 0 Å². The van der Waals surface area contributed by atoms with Crippen LogP contribution < -0.4 is 5.32 Å². The van der Waals surface area contributed by atoms with Gasteiger partial charge in [-0.15, -0.1) is 0 Å². The maximum Gasteiger partial charge on any atom is 0.0879 e. The van der Waals surface area contributed by atoms with Gasteiger partial charge in [-0.1, -0.05) is 20.8 Å². The summed E-state index contributed by atoms with van der Waals surface area (Å²) in [6.45, 7) is 12.3. The Labute approximate surface area is 111 Å². The molecule has 1 aromatic rings. The molecule has 4 nitrogen and oxygen atoms in total. The van der Waals surface area contributed by atoms with Gasteiger partial charge >= 0.3 is 0 Å². The first-order chi connectivity index (χ1) is 8.51. The molecule has 0 aliphatic carbocycles. The van der Waals surface area contributed by atoms with Gasteiger partial charge in [-0.05, 0) is 25.8 Å². The molecule has 0 amide bonds. The molecule has 0 radical (unpaired) electrons. The normalized spacial score (nSPS) is 13.3. The van der Waals surface area contributed by atoms with Crippen molar-refractivity contribution in [3.05, 3.63) is 17.0 Å². The molecular formula is C14H27N3O. The lowest BCUT2D eigenvalue weighted by atomic mass is 10.1. The Morgan fingerprint density at radius 1 is 1.33 bits per heavy atom. The summed E-state index contributed by atoms with van der Waals surface area (Å²) in [6.07, 6.45) is 1.04. The van der Waals surface area contributed by atoms with Crippen LogP contribution in [-0.4, -0.2) is 36.1 Å². The lowest BCUT2D eigenvalue weighted by molar-refractivity contribution is 0.145. The predicted molar refractivity (Wildman–Crippen MR) is 75.1 cm³/mol. The Morgan fingerprint density at radius 2 is 2.00 bits per heavy atom. The Kier molecular flexibility index (Phi) is 5.82. The molecule has 1 heterocycles. The first kappa shape index (κ1) is 15.2. The number of methoxy groups -OCH3 is 1. The van der Waals surface area contributed by atoms with Gasteiger partial charge < -0.3 is 10.1 Å². The van der Waals surface area contributed by atoms with Crippen LogP contribution in [0, 0.1) is 13.8 Å². The van der Waals surface area contributed by atoms with Gasteiger partial charge in [-0.2, -0.15) is 5.10 Å². The first-order valence-corrected chi connectivity index (χ1v) is 6.78. The summed E-state index contributed by atoms with van der Waals surface area (Å²) in [5.41, 5.74) is 3.77. The van der Waals surface area contributed by atoms with E-state index in [0.29, 0.717) is 12.6 Å². The molecule has 18 heavy (non-hydrogen) atoms. The molecule has 1 N–H and O–H groups in total. The molecule has 1 rings (SSSR count). The molecule has 0 saturated heterocycles. The molecule has 0 fully saturated rings. The van der Waals surface area contributed by atoms with E-state index in [1.54, 1.807) is 7.11 Å². The Balaban J connectivity index is 2.91. The highest BCUT2D eigenvalue weighted by Gasteiger charge is 2.18. The number of aromatic nitrogens is 2. The van der Waals surface area contributed by atoms with Gasteiger partial charge in [0.15, 0.2) is 0 Å². The van der Waals surface area contributed by atoms with Crippen molar-refractivity contribution >= 4 is 0 Å². The van der Waals surface area contributed by atoms with Crippen LogP contribution in [0.2, 0.25) is 0 Å². The standard InChI is InChI=1S/C14H27N3O/c1-7-14-11(4)16-17(12(14)5)13(9-18-6)8-15-10(2)3/h10,13,15H,7-9H2,1-6H3. The lowest BCUT2D eigenvalue weighted by Gasteiger charge is -2.20. The van der Waals surface area contributed by atoms with Crippen LogP contribution in [-0.2, 0) is 11.2 Å². The number of nitrogens with zero attached hydrogens (tertiary/aromatic N) is 2. The summed E-state index contributed by atoms with van der Waals surface area (Å²) in [5.74, 6) is 0. The Hall–Kier alpha value is -0.870. The molecule has 0 spiro atoms. The van der Waals surface area contributed by atoms with Crippen LogP contribution in [0.25, 0.3) is 0 Å². The van der Waals surface area contributed by atoms with Crippen LogP contribution in [0.3, 0.4) is 0 Å². The number of rotatable bonds is 7. The molecule has 0 aliphatic heterocycles. The quantitative estimate of drug-likeness (QED) is 0.810. The van der Waals surface area contributed by atoms with Crippen molar-refractivity contribution in [2.75, 3.05) is 20.3 Å². The summed E-state index contributed by atoms with van der Waals surface area (Å²) in [5, 5.41) is 8.14. The lowest BCUT2D eigenvalue weighted by Crippen LogP contribution is -2.33. The fraction of sp³-hybridized carbons (Fsp3) is 0.786. The van der Waals surface area contributed by atoms with E-state index in [1.807, 2.05) is 0 Å². The zero-order chi connectivity index (χ0) is 13.7. The summed E-state index contributed by atoms with van der Waals surface area (Å²) in [6, 6.07) is 0.739. The van der Waals surface area contributed by atoms with E-state index >= 15 is 0 Å². The van der Waals surface area contributed by atoms with E-state index in [0.717, 1.165) is 18.7 Å². The fourth-order valence-corrected chi connectivity index (χ4v) is 2.34. The van der Waals surface area contributed by atoms with Crippen LogP contribution in [0.5, 0.6) is 0 Å². The number of ether oxygens (including phenoxy) is 1. The molecule has 1 atom stereocenters. The summed E-state index contributed by atoms with van der Waals surface area (Å²) < 4.78 is 7.45. The average Bonchev–Trinajstić information content (AvgIpc) is 2.59. The highest BCUT2D eigenvalue weighted by molar-refractivity contribution is 5.24. The zero-order valence-corrected chi connectivity index (χ0v) is 12.6. The second kappa shape index (κ2) is 6.90. The number of nitrogens with one attached hydrogen (secondary N) is 1. The highest BCUT2D eigenvalue weighted by atomic mass is 16.5. The van der Waals surface area contributed by atoms with Gasteiger partial charge in [0.05, 0.1) is 18.3 Å². The molecule has 1 unspecified atom stereocenters. The highest BCUT2D eigenvalue weighted by Crippen LogP contribution is 2.18. The molecule has 4 heteroatoms. The third-order valence-corrected chi connectivity index (χ3v) is 3.30. The fourth-order valence-electron chi connectivity index (χ4n) is 2.34. The van der Waals surface area contributed by atoms with Gasteiger partial charge in [0.25, 0.3) is 0 Å². The van der Waals surface area contributed by atoms with E-state index in [4.69, 9.17) is 4.74 Å². The van der Waals surface area contributed by atoms with Crippen molar-refractivity contribution < 1.29 is 4.74 Å².